The van der Waals surface area contributed by atoms with Crippen molar-refractivity contribution < 1.29 is 19.2 Å². The second-order valence-corrected chi connectivity index (χ2v) is 7.22. The molecule has 5 nitrogen and oxygen atoms in total. The molecule has 1 fully saturated rings. The van der Waals surface area contributed by atoms with Crippen LogP contribution in [0.3, 0.4) is 0 Å². The number of hydrogen-bond donors (Lipinski definition) is 2. The fourth-order valence-corrected chi connectivity index (χ4v) is 2.46. The van der Waals surface area contributed by atoms with Crippen LogP contribution in [0.25, 0.3) is 6.08 Å². The molecule has 0 aromatic heterocycles. The normalized spacial score (nSPS) is 19.4. The zero-order valence-corrected chi connectivity index (χ0v) is 15.3. The fourth-order valence-electron chi connectivity index (χ4n) is 2.46. The number of nitrogens with one attached hydrogen (secondary N) is 1. The van der Waals surface area contributed by atoms with Crippen LogP contribution in [0.1, 0.15) is 45.7 Å². The van der Waals surface area contributed by atoms with Crippen molar-refractivity contribution in [2.75, 3.05) is 6.54 Å². The molecule has 0 saturated carbocycles. The Bertz CT molecular complexity index is 631. The van der Waals surface area contributed by atoms with Crippen LogP contribution in [-0.2, 0) is 14.1 Å². The Balaban J connectivity index is 2.39. The average Bonchev–Trinajstić information content (AvgIpc) is 2.65. The highest BCUT2D eigenvalue weighted by atomic mass is 16.7. The van der Waals surface area contributed by atoms with E-state index >= 15 is 0 Å². The van der Waals surface area contributed by atoms with Gasteiger partial charge in [0.25, 0.3) is 0 Å². The predicted octanol–water partition coefficient (Wildman–Crippen LogP) is 2.85. The number of aromatic hydroxyl groups is 1. The highest BCUT2D eigenvalue weighted by Gasteiger charge is 2.52. The van der Waals surface area contributed by atoms with Gasteiger partial charge in [-0.3, -0.25) is 4.79 Å². The van der Waals surface area contributed by atoms with Gasteiger partial charge in [-0.05, 0) is 51.7 Å². The number of phenols is 1. The lowest BCUT2D eigenvalue weighted by Crippen LogP contribution is -2.41. The quantitative estimate of drug-likeness (QED) is 0.833. The lowest BCUT2D eigenvalue weighted by atomic mass is 9.76. The first-order chi connectivity index (χ1) is 11.0. The van der Waals surface area contributed by atoms with Gasteiger partial charge in [0.05, 0.1) is 11.2 Å². The first-order valence-electron chi connectivity index (χ1n) is 8.12. The maximum Gasteiger partial charge on any atom is 0.492 e. The number of rotatable bonds is 4. The minimum absolute atomic E-state index is 0.133. The van der Waals surface area contributed by atoms with Crippen molar-refractivity contribution in [1.29, 1.82) is 0 Å². The summed E-state index contributed by atoms with van der Waals surface area (Å²) in [7, 11) is -0.583. The van der Waals surface area contributed by atoms with Crippen LogP contribution < -0.4 is 5.32 Å². The van der Waals surface area contributed by atoms with Crippen molar-refractivity contribution in [3.63, 3.8) is 0 Å². The molecule has 0 unspecified atom stereocenters. The molecule has 24 heavy (non-hydrogen) atoms. The number of carbonyl (C=O) groups is 1. The molecule has 1 aromatic carbocycles. The van der Waals surface area contributed by atoms with Crippen molar-refractivity contribution in [3.8, 4) is 5.75 Å². The number of phenolic OH excluding ortho intramolecular Hbond substituents is 1. The molecule has 0 atom stereocenters. The van der Waals surface area contributed by atoms with Crippen molar-refractivity contribution >= 4 is 19.1 Å². The van der Waals surface area contributed by atoms with E-state index < -0.39 is 18.3 Å². The van der Waals surface area contributed by atoms with Gasteiger partial charge < -0.3 is 19.7 Å². The van der Waals surface area contributed by atoms with Gasteiger partial charge in [0.2, 0.25) is 5.91 Å². The fraction of sp³-hybridized carbons (Fsp3) is 0.500. The molecule has 0 bridgehead atoms. The molecule has 0 radical (unpaired) electrons. The van der Waals surface area contributed by atoms with Gasteiger partial charge >= 0.3 is 7.12 Å². The third-order valence-electron chi connectivity index (χ3n) is 4.73. The Hall–Kier alpha value is -1.79. The van der Waals surface area contributed by atoms with Gasteiger partial charge in [-0.15, -0.1) is 0 Å². The molecule has 0 aliphatic carbocycles. The number of hydrogen-bond acceptors (Lipinski definition) is 4. The van der Waals surface area contributed by atoms with E-state index in [0.717, 1.165) is 11.0 Å². The van der Waals surface area contributed by atoms with E-state index in [1.165, 1.54) is 6.92 Å². The Morgan fingerprint density at radius 1 is 1.25 bits per heavy atom. The van der Waals surface area contributed by atoms with Crippen molar-refractivity contribution in [3.05, 3.63) is 34.8 Å². The summed E-state index contributed by atoms with van der Waals surface area (Å²) in [6, 6.07) is 5.36. The first kappa shape index (κ1) is 18.6. The Kier molecular flexibility index (Phi) is 5.11. The number of carbonyl (C=O) groups excluding carboxylic acids is 1. The van der Waals surface area contributed by atoms with Crippen LogP contribution in [0.15, 0.2) is 23.7 Å². The van der Waals surface area contributed by atoms with Crippen molar-refractivity contribution in [2.24, 2.45) is 0 Å². The molecule has 130 valence electrons. The Morgan fingerprint density at radius 3 is 2.33 bits per heavy atom. The summed E-state index contributed by atoms with van der Waals surface area (Å²) in [5.41, 5.74) is 1.45. The maximum absolute atomic E-state index is 11.3. The topological polar surface area (TPSA) is 67.8 Å². The molecule has 6 heteroatoms. The van der Waals surface area contributed by atoms with Crippen LogP contribution in [0.4, 0.5) is 0 Å². The van der Waals surface area contributed by atoms with Crippen LogP contribution in [-0.4, -0.2) is 35.9 Å². The monoisotopic (exact) mass is 331 g/mol. The standard InChI is InChI=1S/C18H26BNO4/c1-12-8-7-9-16(22)15(12)10-14(11-20-13(2)21)19-23-17(3,4)18(5,6)24-19/h7-10,22H,11H2,1-6H3,(H,20,21). The smallest absolute Gasteiger partial charge is 0.492 e. The second-order valence-electron chi connectivity index (χ2n) is 7.22. The largest absolute Gasteiger partial charge is 0.507 e. The molecule has 2 N–H and O–H groups in total. The molecule has 2 rings (SSSR count). The van der Waals surface area contributed by atoms with Gasteiger partial charge in [-0.1, -0.05) is 18.2 Å². The van der Waals surface area contributed by atoms with Gasteiger partial charge in [0.1, 0.15) is 5.75 Å². The second kappa shape index (κ2) is 6.61. The van der Waals surface area contributed by atoms with E-state index in [-0.39, 0.29) is 11.7 Å². The molecule has 0 spiro atoms. The van der Waals surface area contributed by atoms with Crippen LogP contribution in [0.2, 0.25) is 0 Å². The summed E-state index contributed by atoms with van der Waals surface area (Å²) in [4.78, 5) is 11.3. The molecular weight excluding hydrogens is 305 g/mol. The van der Waals surface area contributed by atoms with Gasteiger partial charge in [-0.2, -0.15) is 0 Å². The number of aryl methyl sites for hydroxylation is 1. The maximum atomic E-state index is 11.3. The van der Waals surface area contributed by atoms with E-state index in [1.54, 1.807) is 12.1 Å². The predicted molar refractivity (Wildman–Crippen MR) is 95.6 cm³/mol. The summed E-state index contributed by atoms with van der Waals surface area (Å²) >= 11 is 0. The van der Waals surface area contributed by atoms with Crippen LogP contribution in [0.5, 0.6) is 5.75 Å². The average molecular weight is 331 g/mol. The van der Waals surface area contributed by atoms with Crippen LogP contribution in [0, 0.1) is 6.92 Å². The van der Waals surface area contributed by atoms with E-state index in [0.29, 0.717) is 12.1 Å². The van der Waals surface area contributed by atoms with E-state index in [4.69, 9.17) is 9.31 Å². The van der Waals surface area contributed by atoms with Crippen molar-refractivity contribution in [1.82, 2.24) is 5.32 Å². The number of amides is 1. The lowest BCUT2D eigenvalue weighted by Gasteiger charge is -2.32. The molecule has 1 aliphatic rings. The summed E-state index contributed by atoms with van der Waals surface area (Å²) < 4.78 is 12.2. The first-order valence-corrected chi connectivity index (χ1v) is 8.12. The minimum atomic E-state index is -0.583. The zero-order valence-electron chi connectivity index (χ0n) is 15.3. The third-order valence-corrected chi connectivity index (χ3v) is 4.73. The lowest BCUT2D eigenvalue weighted by molar-refractivity contribution is -0.118. The summed E-state index contributed by atoms with van der Waals surface area (Å²) in [6.07, 6.45) is 1.84. The Labute approximate surface area is 144 Å². The van der Waals surface area contributed by atoms with Crippen LogP contribution >= 0.6 is 0 Å². The molecule has 1 aliphatic heterocycles. The van der Waals surface area contributed by atoms with Gasteiger partial charge in [-0.25, -0.2) is 0 Å². The zero-order chi connectivity index (χ0) is 18.1. The summed E-state index contributed by atoms with van der Waals surface area (Å²) in [5, 5.41) is 12.9. The molecule has 1 amide bonds. The van der Waals surface area contributed by atoms with E-state index in [9.17, 15) is 9.90 Å². The molecule has 1 saturated heterocycles. The molecular formula is C18H26BNO4. The van der Waals surface area contributed by atoms with Gasteiger partial charge in [0, 0.05) is 19.0 Å². The minimum Gasteiger partial charge on any atom is -0.507 e. The van der Waals surface area contributed by atoms with E-state index in [1.807, 2.05) is 46.8 Å². The molecule has 1 aromatic rings. The highest BCUT2D eigenvalue weighted by molar-refractivity contribution is 6.56. The summed E-state index contributed by atoms with van der Waals surface area (Å²) in [5.74, 6) is 0.0539. The van der Waals surface area contributed by atoms with Crippen molar-refractivity contribution in [2.45, 2.75) is 52.7 Å². The van der Waals surface area contributed by atoms with Gasteiger partial charge in [0.15, 0.2) is 0 Å². The van der Waals surface area contributed by atoms with E-state index in [2.05, 4.69) is 5.32 Å². The SMILES string of the molecule is CC(=O)NCC(=Cc1c(C)cccc1O)B1OC(C)(C)C(C)(C)O1. The molecule has 1 heterocycles. The third kappa shape index (κ3) is 3.82. The Morgan fingerprint density at radius 2 is 1.83 bits per heavy atom. The summed E-state index contributed by atoms with van der Waals surface area (Å²) in [6.45, 7) is 11.6. The highest BCUT2D eigenvalue weighted by Crippen LogP contribution is 2.39. The number of benzene rings is 1.